The fraction of sp³-hybridized carbons (Fsp3) is 0. The van der Waals surface area contributed by atoms with Crippen LogP contribution >= 0.6 is 27.3 Å². The number of ether oxygens (including phenoxy) is 1. The van der Waals surface area contributed by atoms with E-state index < -0.39 is 0 Å². The number of anilines is 1. The summed E-state index contributed by atoms with van der Waals surface area (Å²) in [7, 11) is 0. The smallest absolute Gasteiger partial charge is 0.280 e. The van der Waals surface area contributed by atoms with E-state index in [0.29, 0.717) is 22.2 Å². The third-order valence-corrected chi connectivity index (χ3v) is 6.12. The molecule has 0 aliphatic carbocycles. The number of carbonyl (C=O) groups excluding carboxylic acids is 1. The molecular weight excluding hydrogens is 502 g/mol. The second kappa shape index (κ2) is 9.40. The zero-order valence-corrected chi connectivity index (χ0v) is 19.5. The largest absolute Gasteiger partial charge is 0.463 e. The molecule has 0 fully saturated rings. The number of thiazole rings is 1. The van der Waals surface area contributed by atoms with Crippen LogP contribution in [-0.4, -0.2) is 17.1 Å². The van der Waals surface area contributed by atoms with Crippen LogP contribution < -0.4 is 9.75 Å². The molecule has 0 aliphatic rings. The number of aromatic nitrogens is 1. The Kier molecular flexibility index (Phi) is 6.01. The van der Waals surface area contributed by atoms with Crippen molar-refractivity contribution < 1.29 is 13.9 Å². The highest BCUT2D eigenvalue weighted by atomic mass is 79.9. The van der Waals surface area contributed by atoms with Crippen LogP contribution in [0.3, 0.4) is 0 Å². The summed E-state index contributed by atoms with van der Waals surface area (Å²) in [4.78, 5) is 18.0. The lowest BCUT2D eigenvalue weighted by atomic mass is 10.2. The Bertz CT molecular complexity index is 1410. The summed E-state index contributed by atoms with van der Waals surface area (Å²) in [5, 5.41) is 6.14. The Labute approximate surface area is 201 Å². The first-order valence-corrected chi connectivity index (χ1v) is 11.6. The summed E-state index contributed by atoms with van der Waals surface area (Å²) in [6.07, 6.45) is 3.04. The van der Waals surface area contributed by atoms with Gasteiger partial charge in [-0.05, 0) is 66.7 Å². The normalized spacial score (nSPS) is 11.2. The molecule has 162 valence electrons. The summed E-state index contributed by atoms with van der Waals surface area (Å²) >= 11 is 4.86. The van der Waals surface area contributed by atoms with Crippen molar-refractivity contribution in [3.8, 4) is 11.5 Å². The Balaban J connectivity index is 1.45. The van der Waals surface area contributed by atoms with Gasteiger partial charge in [-0.1, -0.05) is 45.5 Å². The van der Waals surface area contributed by atoms with Crippen molar-refractivity contribution in [3.05, 3.63) is 107 Å². The molecule has 0 bridgehead atoms. The molecule has 3 aromatic carbocycles. The van der Waals surface area contributed by atoms with E-state index in [9.17, 15) is 4.79 Å². The minimum atomic E-state index is -0.317. The number of para-hydroxylation sites is 1. The summed E-state index contributed by atoms with van der Waals surface area (Å²) < 4.78 is 13.0. The number of carbonyl (C=O) groups is 1. The van der Waals surface area contributed by atoms with Gasteiger partial charge in [0.2, 0.25) is 5.13 Å². The van der Waals surface area contributed by atoms with Crippen LogP contribution in [0.4, 0.5) is 5.13 Å². The Hall–Kier alpha value is -3.75. The highest BCUT2D eigenvalue weighted by Gasteiger charge is 2.21. The van der Waals surface area contributed by atoms with Crippen LogP contribution in [0.25, 0.3) is 10.2 Å². The molecule has 0 saturated carbocycles. The molecule has 0 radical (unpaired) electrons. The SMILES string of the molecule is O=C(c1ccc(Oc2ccccc2)cc1)N(/N=C/c1ccco1)c1nc2ccc(Br)cc2s1. The second-order valence-corrected chi connectivity index (χ2v) is 8.85. The zero-order valence-electron chi connectivity index (χ0n) is 17.1. The molecule has 5 aromatic rings. The number of fused-ring (bicyclic) bond motifs is 1. The van der Waals surface area contributed by atoms with Gasteiger partial charge in [0.05, 0.1) is 22.7 Å². The summed E-state index contributed by atoms with van der Waals surface area (Å²) in [5.41, 5.74) is 1.24. The number of hydrazone groups is 1. The third kappa shape index (κ3) is 4.87. The van der Waals surface area contributed by atoms with Gasteiger partial charge in [0.15, 0.2) is 0 Å². The fourth-order valence-electron chi connectivity index (χ4n) is 3.06. The monoisotopic (exact) mass is 517 g/mol. The second-order valence-electron chi connectivity index (χ2n) is 6.92. The number of halogens is 1. The number of benzene rings is 3. The van der Waals surface area contributed by atoms with E-state index in [1.165, 1.54) is 22.6 Å². The minimum Gasteiger partial charge on any atom is -0.463 e. The van der Waals surface area contributed by atoms with Gasteiger partial charge >= 0.3 is 0 Å². The average molecular weight is 518 g/mol. The van der Waals surface area contributed by atoms with E-state index in [-0.39, 0.29) is 5.91 Å². The lowest BCUT2D eigenvalue weighted by Crippen LogP contribution is -2.25. The maximum absolute atomic E-state index is 13.4. The van der Waals surface area contributed by atoms with Gasteiger partial charge < -0.3 is 9.15 Å². The number of nitrogens with zero attached hydrogens (tertiary/aromatic N) is 3. The number of hydrogen-bond donors (Lipinski definition) is 0. The standard InChI is InChI=1S/C25H16BrN3O3S/c26-18-10-13-22-23(15-18)33-25(28-22)29(27-16-21-7-4-14-31-21)24(30)17-8-11-20(12-9-17)32-19-5-2-1-3-6-19/h1-16H/b27-16+. The lowest BCUT2D eigenvalue weighted by Gasteiger charge is -2.14. The van der Waals surface area contributed by atoms with Crippen LogP contribution in [0.15, 0.2) is 105 Å². The lowest BCUT2D eigenvalue weighted by molar-refractivity contribution is 0.0988. The van der Waals surface area contributed by atoms with E-state index in [1.807, 2.05) is 48.5 Å². The molecule has 0 atom stereocenters. The van der Waals surface area contributed by atoms with Gasteiger partial charge in [-0.25, -0.2) is 4.98 Å². The molecule has 0 aliphatic heterocycles. The summed E-state index contributed by atoms with van der Waals surface area (Å²) in [5.74, 6) is 1.57. The summed E-state index contributed by atoms with van der Waals surface area (Å²) in [6, 6.07) is 25.7. The molecule has 0 saturated heterocycles. The molecule has 8 heteroatoms. The maximum Gasteiger partial charge on any atom is 0.280 e. The van der Waals surface area contributed by atoms with Crippen molar-refractivity contribution in [2.45, 2.75) is 0 Å². The molecular formula is C25H16BrN3O3S. The average Bonchev–Trinajstić information content (AvgIpc) is 3.50. The van der Waals surface area contributed by atoms with E-state index in [0.717, 1.165) is 20.4 Å². The first-order valence-electron chi connectivity index (χ1n) is 9.97. The molecule has 2 heterocycles. The van der Waals surface area contributed by atoms with Crippen LogP contribution in [0.2, 0.25) is 0 Å². The molecule has 1 amide bonds. The van der Waals surface area contributed by atoms with Crippen LogP contribution in [0.5, 0.6) is 11.5 Å². The molecule has 0 spiro atoms. The zero-order chi connectivity index (χ0) is 22.6. The highest BCUT2D eigenvalue weighted by Crippen LogP contribution is 2.32. The fourth-order valence-corrected chi connectivity index (χ4v) is 4.53. The predicted octanol–water partition coefficient (Wildman–Crippen LogP) is 7.13. The molecule has 5 rings (SSSR count). The first kappa shape index (κ1) is 21.1. The number of hydrogen-bond acceptors (Lipinski definition) is 6. The van der Waals surface area contributed by atoms with Crippen LogP contribution in [0.1, 0.15) is 16.1 Å². The number of furan rings is 1. The van der Waals surface area contributed by atoms with Gasteiger partial charge in [0, 0.05) is 10.0 Å². The van der Waals surface area contributed by atoms with Crippen molar-refractivity contribution in [2.24, 2.45) is 5.10 Å². The van der Waals surface area contributed by atoms with Crippen molar-refractivity contribution in [1.29, 1.82) is 0 Å². The number of amides is 1. The van der Waals surface area contributed by atoms with Crippen LogP contribution in [-0.2, 0) is 0 Å². The predicted molar refractivity (Wildman–Crippen MR) is 133 cm³/mol. The van der Waals surface area contributed by atoms with Crippen molar-refractivity contribution in [3.63, 3.8) is 0 Å². The van der Waals surface area contributed by atoms with Gasteiger partial charge in [-0.2, -0.15) is 10.1 Å². The Morgan fingerprint density at radius 1 is 1.00 bits per heavy atom. The number of rotatable bonds is 6. The third-order valence-electron chi connectivity index (χ3n) is 4.64. The topological polar surface area (TPSA) is 67.9 Å². The van der Waals surface area contributed by atoms with Gasteiger partial charge in [0.1, 0.15) is 17.3 Å². The van der Waals surface area contributed by atoms with E-state index in [4.69, 9.17) is 9.15 Å². The van der Waals surface area contributed by atoms with Gasteiger partial charge in [-0.15, -0.1) is 0 Å². The van der Waals surface area contributed by atoms with Gasteiger partial charge in [0.25, 0.3) is 5.91 Å². The minimum absolute atomic E-state index is 0.317. The first-order chi connectivity index (χ1) is 16.2. The van der Waals surface area contributed by atoms with E-state index in [2.05, 4.69) is 26.0 Å². The van der Waals surface area contributed by atoms with Crippen molar-refractivity contribution in [2.75, 3.05) is 5.01 Å². The molecule has 33 heavy (non-hydrogen) atoms. The molecule has 6 nitrogen and oxygen atoms in total. The van der Waals surface area contributed by atoms with E-state index >= 15 is 0 Å². The quantitative estimate of drug-likeness (QED) is 0.177. The van der Waals surface area contributed by atoms with Crippen molar-refractivity contribution in [1.82, 2.24) is 4.98 Å². The Morgan fingerprint density at radius 2 is 1.79 bits per heavy atom. The molecule has 0 N–H and O–H groups in total. The highest BCUT2D eigenvalue weighted by molar-refractivity contribution is 9.10. The molecule has 0 unspecified atom stereocenters. The van der Waals surface area contributed by atoms with E-state index in [1.54, 1.807) is 42.7 Å². The maximum atomic E-state index is 13.4. The van der Waals surface area contributed by atoms with Gasteiger partial charge in [-0.3, -0.25) is 4.79 Å². The molecule has 2 aromatic heterocycles. The Morgan fingerprint density at radius 3 is 2.55 bits per heavy atom. The summed E-state index contributed by atoms with van der Waals surface area (Å²) in [6.45, 7) is 0. The van der Waals surface area contributed by atoms with Crippen molar-refractivity contribution >= 4 is 54.7 Å². The van der Waals surface area contributed by atoms with Crippen LogP contribution in [0, 0.1) is 0 Å².